The third-order valence-corrected chi connectivity index (χ3v) is 9.40. The minimum Gasteiger partial charge on any atom is -0.457 e. The van der Waals surface area contributed by atoms with Crippen LogP contribution in [-0.4, -0.2) is 28.7 Å². The Morgan fingerprint density at radius 3 is 1.85 bits per heavy atom. The summed E-state index contributed by atoms with van der Waals surface area (Å²) in [7, 11) is 0. The first kappa shape index (κ1) is 27.5. The molecule has 0 atom stereocenters. The SMILES string of the molecule is CC(C)c1cccc(C(C)C)c1-c1cccc2c3ccc(Oc4ccc5c6cncnc6n6ccnc6c5c4)cc3c3nccn3c12. The van der Waals surface area contributed by atoms with Crippen LogP contribution in [0.15, 0.2) is 110 Å². The molecule has 0 aliphatic heterocycles. The van der Waals surface area contributed by atoms with Gasteiger partial charge in [0.25, 0.3) is 0 Å². The second kappa shape index (κ2) is 10.4. The molecule has 0 saturated carbocycles. The molecule has 9 rings (SSSR count). The molecule has 7 nitrogen and oxygen atoms in total. The Morgan fingerprint density at radius 2 is 1.17 bits per heavy atom. The van der Waals surface area contributed by atoms with Crippen LogP contribution in [-0.2, 0) is 0 Å². The molecule has 9 aromatic rings. The average Bonchev–Trinajstić information content (AvgIpc) is 3.79. The molecule has 0 radical (unpaired) electrons. The molecular weight excluding hydrogens is 580 g/mol. The van der Waals surface area contributed by atoms with E-state index >= 15 is 0 Å². The molecule has 5 heterocycles. The third-order valence-electron chi connectivity index (χ3n) is 9.40. The lowest BCUT2D eigenvalue weighted by atomic mass is 9.84. The number of hydrogen-bond donors (Lipinski definition) is 0. The Hall–Kier alpha value is -5.82. The number of nitrogens with zero attached hydrogens (tertiary/aromatic N) is 6. The molecule has 0 amide bonds. The monoisotopic (exact) mass is 612 g/mol. The van der Waals surface area contributed by atoms with Gasteiger partial charge in [0.05, 0.1) is 5.52 Å². The summed E-state index contributed by atoms with van der Waals surface area (Å²) in [5.41, 5.74) is 9.04. The first-order valence-electron chi connectivity index (χ1n) is 16.1. The van der Waals surface area contributed by atoms with E-state index in [2.05, 4.69) is 114 Å². The summed E-state index contributed by atoms with van der Waals surface area (Å²) in [6.45, 7) is 9.12. The van der Waals surface area contributed by atoms with Gasteiger partial charge in [-0.25, -0.2) is 19.9 Å². The Bertz CT molecular complexity index is 2660. The van der Waals surface area contributed by atoms with E-state index < -0.39 is 0 Å². The molecule has 4 aromatic carbocycles. The van der Waals surface area contributed by atoms with Crippen LogP contribution in [0.2, 0.25) is 0 Å². The summed E-state index contributed by atoms with van der Waals surface area (Å²) in [4.78, 5) is 18.3. The van der Waals surface area contributed by atoms with E-state index in [0.717, 1.165) is 55.4 Å². The van der Waals surface area contributed by atoms with E-state index in [1.54, 1.807) is 12.5 Å². The predicted molar refractivity (Wildman–Crippen MR) is 190 cm³/mol. The molecule has 0 bridgehead atoms. The molecule has 0 saturated heterocycles. The van der Waals surface area contributed by atoms with Gasteiger partial charge in [-0.1, -0.05) is 64.1 Å². The van der Waals surface area contributed by atoms with Crippen molar-refractivity contribution in [3.05, 3.63) is 121 Å². The van der Waals surface area contributed by atoms with Gasteiger partial charge in [0.15, 0.2) is 0 Å². The van der Waals surface area contributed by atoms with Gasteiger partial charge in [0.1, 0.15) is 34.8 Å². The molecular formula is C40H32N6O. The number of aromatic nitrogens is 6. The van der Waals surface area contributed by atoms with Crippen molar-refractivity contribution in [2.24, 2.45) is 0 Å². The molecule has 228 valence electrons. The van der Waals surface area contributed by atoms with Gasteiger partial charge in [-0.15, -0.1) is 0 Å². The fourth-order valence-electron chi connectivity index (χ4n) is 7.30. The maximum absolute atomic E-state index is 6.54. The zero-order valence-electron chi connectivity index (χ0n) is 26.6. The lowest BCUT2D eigenvalue weighted by Crippen LogP contribution is -2.02. The Kier molecular flexibility index (Phi) is 6.06. The summed E-state index contributed by atoms with van der Waals surface area (Å²) >= 11 is 0. The van der Waals surface area contributed by atoms with Crippen molar-refractivity contribution in [1.82, 2.24) is 28.7 Å². The number of para-hydroxylation sites is 1. The Labute approximate surface area is 271 Å². The van der Waals surface area contributed by atoms with Crippen LogP contribution < -0.4 is 4.74 Å². The third kappa shape index (κ3) is 4.12. The van der Waals surface area contributed by atoms with Crippen molar-refractivity contribution in [2.75, 3.05) is 0 Å². The summed E-state index contributed by atoms with van der Waals surface area (Å²) in [6.07, 6.45) is 11.1. The number of hydrogen-bond acceptors (Lipinski definition) is 5. The summed E-state index contributed by atoms with van der Waals surface area (Å²) in [6, 6.07) is 25.9. The van der Waals surface area contributed by atoms with Gasteiger partial charge in [0.2, 0.25) is 0 Å². The maximum atomic E-state index is 6.54. The number of rotatable bonds is 5. The van der Waals surface area contributed by atoms with Crippen molar-refractivity contribution < 1.29 is 4.74 Å². The molecule has 7 heteroatoms. The minimum atomic E-state index is 0.393. The van der Waals surface area contributed by atoms with Gasteiger partial charge >= 0.3 is 0 Å². The van der Waals surface area contributed by atoms with Crippen LogP contribution in [0, 0.1) is 0 Å². The molecule has 47 heavy (non-hydrogen) atoms. The minimum absolute atomic E-state index is 0.393. The van der Waals surface area contributed by atoms with E-state index in [4.69, 9.17) is 9.72 Å². The Balaban J connectivity index is 1.22. The fraction of sp³-hybridized carbons (Fsp3) is 0.150. The number of fused-ring (bicyclic) bond motifs is 12. The van der Waals surface area contributed by atoms with Crippen LogP contribution in [0.25, 0.3) is 65.9 Å². The van der Waals surface area contributed by atoms with Crippen molar-refractivity contribution in [3.8, 4) is 22.6 Å². The highest BCUT2D eigenvalue weighted by atomic mass is 16.5. The highest BCUT2D eigenvalue weighted by Crippen LogP contribution is 2.42. The largest absolute Gasteiger partial charge is 0.457 e. The lowest BCUT2D eigenvalue weighted by Gasteiger charge is -2.22. The van der Waals surface area contributed by atoms with Crippen LogP contribution in [0.3, 0.4) is 0 Å². The zero-order valence-corrected chi connectivity index (χ0v) is 26.6. The second-order valence-corrected chi connectivity index (χ2v) is 12.8. The first-order chi connectivity index (χ1) is 23.0. The highest BCUT2D eigenvalue weighted by Gasteiger charge is 2.21. The molecule has 5 aromatic heterocycles. The molecule has 0 spiro atoms. The van der Waals surface area contributed by atoms with Gasteiger partial charge in [-0.2, -0.15) is 0 Å². The number of benzene rings is 4. The van der Waals surface area contributed by atoms with E-state index in [9.17, 15) is 0 Å². The topological polar surface area (TPSA) is 69.6 Å². The van der Waals surface area contributed by atoms with Gasteiger partial charge in [0, 0.05) is 58.1 Å². The van der Waals surface area contributed by atoms with Crippen LogP contribution >= 0.6 is 0 Å². The second-order valence-electron chi connectivity index (χ2n) is 12.8. The van der Waals surface area contributed by atoms with E-state index in [1.165, 1.54) is 33.2 Å². The number of pyridine rings is 2. The highest BCUT2D eigenvalue weighted by molar-refractivity contribution is 6.15. The number of imidazole rings is 2. The Morgan fingerprint density at radius 1 is 0.574 bits per heavy atom. The van der Waals surface area contributed by atoms with Gasteiger partial charge in [-0.3, -0.25) is 8.80 Å². The van der Waals surface area contributed by atoms with Crippen LogP contribution in [0.4, 0.5) is 0 Å². The smallest absolute Gasteiger partial charge is 0.149 e. The summed E-state index contributed by atoms with van der Waals surface area (Å²) < 4.78 is 10.8. The van der Waals surface area contributed by atoms with Crippen molar-refractivity contribution in [2.45, 2.75) is 39.5 Å². The first-order valence-corrected chi connectivity index (χ1v) is 16.1. The number of ether oxygens (including phenoxy) is 1. The molecule has 0 N–H and O–H groups in total. The quantitative estimate of drug-likeness (QED) is 0.181. The molecule has 0 fully saturated rings. The fourth-order valence-corrected chi connectivity index (χ4v) is 7.30. The van der Waals surface area contributed by atoms with E-state index in [-0.39, 0.29) is 0 Å². The average molecular weight is 613 g/mol. The zero-order chi connectivity index (χ0) is 31.8. The normalized spacial score (nSPS) is 12.2. The molecule has 0 unspecified atom stereocenters. The standard InChI is InChI=1S/C40H32N6O/c1-23(2)27-7-5-8-28(24(3)4)36(27)32-10-6-9-31-29-13-11-25(19-33(29)38-42-15-17-45(38)37(31)32)47-26-12-14-30-34(20-26)39-43-16-18-46(39)40-35(30)21-41-22-44-40/h5-24H,1-4H3. The van der Waals surface area contributed by atoms with Crippen molar-refractivity contribution in [1.29, 1.82) is 0 Å². The van der Waals surface area contributed by atoms with Crippen molar-refractivity contribution in [3.63, 3.8) is 0 Å². The van der Waals surface area contributed by atoms with Crippen LogP contribution in [0.1, 0.15) is 50.7 Å². The molecule has 0 aliphatic carbocycles. The molecule has 0 aliphatic rings. The predicted octanol–water partition coefficient (Wildman–Crippen LogP) is 10.1. The van der Waals surface area contributed by atoms with Gasteiger partial charge in [-0.05, 0) is 75.7 Å². The maximum Gasteiger partial charge on any atom is 0.149 e. The van der Waals surface area contributed by atoms with Crippen LogP contribution in [0.5, 0.6) is 11.5 Å². The summed E-state index contributed by atoms with van der Waals surface area (Å²) in [5, 5.41) is 6.35. The summed E-state index contributed by atoms with van der Waals surface area (Å²) in [5.74, 6) is 2.26. The van der Waals surface area contributed by atoms with E-state index in [1.807, 2.05) is 35.1 Å². The van der Waals surface area contributed by atoms with E-state index in [0.29, 0.717) is 11.8 Å². The lowest BCUT2D eigenvalue weighted by molar-refractivity contribution is 0.484. The van der Waals surface area contributed by atoms with Gasteiger partial charge < -0.3 is 4.74 Å². The van der Waals surface area contributed by atoms with Crippen molar-refractivity contribution >= 4 is 54.8 Å².